The van der Waals surface area contributed by atoms with E-state index in [2.05, 4.69) is 6.92 Å². The Labute approximate surface area is 241 Å². The third kappa shape index (κ3) is 4.97. The molecule has 0 fully saturated rings. The molecule has 5 rings (SSSR count). The van der Waals surface area contributed by atoms with Gasteiger partial charge in [0.2, 0.25) is 0 Å². The summed E-state index contributed by atoms with van der Waals surface area (Å²) >= 11 is 2.82. The zero-order chi connectivity index (χ0) is 28.6. The topological polar surface area (TPSA) is 81.0 Å². The van der Waals surface area contributed by atoms with Crippen LogP contribution in [0.15, 0.2) is 74.5 Å². The molecule has 9 heteroatoms. The lowest BCUT2D eigenvalue weighted by Crippen LogP contribution is -2.41. The molecule has 0 N–H and O–H groups in total. The van der Waals surface area contributed by atoms with Crippen molar-refractivity contribution in [1.29, 1.82) is 0 Å². The fourth-order valence-electron chi connectivity index (χ4n) is 5.09. The minimum atomic E-state index is -0.718. The highest BCUT2D eigenvalue weighted by Crippen LogP contribution is 2.36. The summed E-state index contributed by atoms with van der Waals surface area (Å²) in [5, 5.41) is 0. The Morgan fingerprint density at radius 2 is 1.85 bits per heavy atom. The number of hydrogen-bond acceptors (Lipinski definition) is 7. The van der Waals surface area contributed by atoms with Crippen LogP contribution in [0, 0.1) is 5.92 Å². The lowest BCUT2D eigenvalue weighted by atomic mass is 9.96. The summed E-state index contributed by atoms with van der Waals surface area (Å²) in [4.78, 5) is 49.5. The van der Waals surface area contributed by atoms with Gasteiger partial charge in [-0.2, -0.15) is 0 Å². The van der Waals surface area contributed by atoms with Crippen LogP contribution in [0.2, 0.25) is 0 Å². The highest BCUT2D eigenvalue weighted by Gasteiger charge is 2.37. The average Bonchev–Trinajstić information content (AvgIpc) is 3.41. The molecule has 3 heterocycles. The summed E-state index contributed by atoms with van der Waals surface area (Å²) in [6.45, 7) is 8.67. The van der Waals surface area contributed by atoms with Crippen LogP contribution in [-0.4, -0.2) is 35.9 Å². The zero-order valence-corrected chi connectivity index (χ0v) is 25.0. The normalized spacial score (nSPS) is 17.7. The van der Waals surface area contributed by atoms with Crippen molar-refractivity contribution in [2.24, 2.45) is 10.9 Å². The number of nitrogens with zero attached hydrogens (tertiary/aromatic N) is 3. The zero-order valence-electron chi connectivity index (χ0n) is 23.4. The van der Waals surface area contributed by atoms with Crippen molar-refractivity contribution in [1.82, 2.24) is 4.57 Å². The fraction of sp³-hybridized carbons (Fsp3) is 0.355. The molecule has 0 radical (unpaired) electrons. The lowest BCUT2D eigenvalue weighted by molar-refractivity contribution is -0.140. The van der Waals surface area contributed by atoms with E-state index < -0.39 is 12.0 Å². The Bertz CT molecular complexity index is 1680. The molecule has 3 aromatic rings. The van der Waals surface area contributed by atoms with E-state index in [1.54, 1.807) is 28.2 Å². The van der Waals surface area contributed by atoms with Crippen molar-refractivity contribution in [3.63, 3.8) is 0 Å². The van der Waals surface area contributed by atoms with E-state index in [0.29, 0.717) is 32.7 Å². The van der Waals surface area contributed by atoms with Gasteiger partial charge in [0.15, 0.2) is 4.80 Å². The van der Waals surface area contributed by atoms with Crippen LogP contribution in [-0.2, 0) is 14.3 Å². The number of thiazole rings is 1. The van der Waals surface area contributed by atoms with E-state index in [1.807, 2.05) is 68.6 Å². The third-order valence-corrected chi connectivity index (χ3v) is 8.88. The summed E-state index contributed by atoms with van der Waals surface area (Å²) in [6, 6.07) is 14.7. The molecular formula is C31H33N3O4S2. The van der Waals surface area contributed by atoms with Crippen LogP contribution < -0.4 is 19.8 Å². The van der Waals surface area contributed by atoms with E-state index in [4.69, 9.17) is 9.73 Å². The fourth-order valence-corrected chi connectivity index (χ4v) is 6.64. The number of esters is 1. The quantitative estimate of drug-likeness (QED) is 0.288. The van der Waals surface area contributed by atoms with Crippen LogP contribution in [0.4, 0.5) is 5.69 Å². The van der Waals surface area contributed by atoms with Crippen LogP contribution in [0.5, 0.6) is 0 Å². The molecule has 2 aliphatic heterocycles. The SMILES string of the molecule is CCCCN1C(=O)C(=c2sc3n(c2=O)C(c2ccc(SC)cc2)C(C(=O)OCC(C)C)=C(C)N=3)c2ccccc21. The molecule has 2 aliphatic rings. The molecule has 7 nitrogen and oxygen atoms in total. The molecule has 0 bridgehead atoms. The molecule has 1 aromatic heterocycles. The number of thioether (sulfide) groups is 1. The van der Waals surface area contributed by atoms with Gasteiger partial charge in [-0.25, -0.2) is 9.79 Å². The Balaban J connectivity index is 1.74. The van der Waals surface area contributed by atoms with Crippen molar-refractivity contribution < 1.29 is 14.3 Å². The molecule has 0 saturated carbocycles. The Kier molecular flexibility index (Phi) is 8.14. The van der Waals surface area contributed by atoms with Crippen molar-refractivity contribution in [3.05, 3.63) is 90.6 Å². The van der Waals surface area contributed by atoms with Crippen LogP contribution in [0.1, 0.15) is 57.7 Å². The van der Waals surface area contributed by atoms with Gasteiger partial charge >= 0.3 is 5.97 Å². The predicted octanol–water partition coefficient (Wildman–Crippen LogP) is 4.67. The van der Waals surface area contributed by atoms with E-state index in [1.165, 1.54) is 11.3 Å². The van der Waals surface area contributed by atoms with Gasteiger partial charge in [0.1, 0.15) is 4.53 Å². The van der Waals surface area contributed by atoms with Gasteiger partial charge in [0, 0.05) is 17.0 Å². The Morgan fingerprint density at radius 1 is 1.12 bits per heavy atom. The summed E-state index contributed by atoms with van der Waals surface area (Å²) in [7, 11) is 0. The number of ether oxygens (including phenoxy) is 1. The molecule has 1 atom stereocenters. The molecule has 208 valence electrons. The van der Waals surface area contributed by atoms with Crippen LogP contribution in [0.3, 0.4) is 0 Å². The summed E-state index contributed by atoms with van der Waals surface area (Å²) in [5.41, 5.74) is 3.26. The number of aromatic nitrogens is 1. The summed E-state index contributed by atoms with van der Waals surface area (Å²) < 4.78 is 7.55. The van der Waals surface area contributed by atoms with Gasteiger partial charge in [-0.1, -0.05) is 68.9 Å². The van der Waals surface area contributed by atoms with Gasteiger partial charge in [-0.05, 0) is 49.3 Å². The molecule has 0 spiro atoms. The first kappa shape index (κ1) is 28.1. The smallest absolute Gasteiger partial charge is 0.338 e. The number of amides is 1. The molecule has 1 amide bonds. The predicted molar refractivity (Wildman–Crippen MR) is 160 cm³/mol. The number of hydrogen-bond donors (Lipinski definition) is 0. The maximum Gasteiger partial charge on any atom is 0.338 e. The molecule has 0 saturated heterocycles. The van der Waals surface area contributed by atoms with Crippen LogP contribution in [0.25, 0.3) is 5.57 Å². The molecular weight excluding hydrogens is 542 g/mol. The first-order chi connectivity index (χ1) is 19.3. The number of fused-ring (bicyclic) bond motifs is 2. The van der Waals surface area contributed by atoms with Gasteiger partial charge < -0.3 is 9.64 Å². The maximum atomic E-state index is 14.3. The maximum absolute atomic E-state index is 14.3. The van der Waals surface area contributed by atoms with E-state index in [9.17, 15) is 14.4 Å². The Morgan fingerprint density at radius 3 is 2.52 bits per heavy atom. The van der Waals surface area contributed by atoms with Gasteiger partial charge in [-0.15, -0.1) is 11.8 Å². The molecule has 40 heavy (non-hydrogen) atoms. The van der Waals surface area contributed by atoms with E-state index in [0.717, 1.165) is 34.6 Å². The molecule has 2 aromatic carbocycles. The number of anilines is 1. The van der Waals surface area contributed by atoms with Crippen molar-refractivity contribution in [3.8, 4) is 0 Å². The molecule has 0 aliphatic carbocycles. The first-order valence-corrected chi connectivity index (χ1v) is 15.6. The second-order valence-corrected chi connectivity index (χ2v) is 12.2. The number of allylic oxidation sites excluding steroid dienone is 1. The number of carbonyl (C=O) groups is 2. The number of rotatable bonds is 8. The monoisotopic (exact) mass is 575 g/mol. The minimum Gasteiger partial charge on any atom is -0.462 e. The number of benzene rings is 2. The van der Waals surface area contributed by atoms with Crippen molar-refractivity contribution in [2.75, 3.05) is 24.3 Å². The van der Waals surface area contributed by atoms with Gasteiger partial charge in [0.25, 0.3) is 11.5 Å². The highest BCUT2D eigenvalue weighted by atomic mass is 32.2. The number of para-hydroxylation sites is 1. The number of carbonyl (C=O) groups excluding carboxylic acids is 2. The average molecular weight is 576 g/mol. The van der Waals surface area contributed by atoms with Gasteiger partial charge in [0.05, 0.1) is 35.2 Å². The third-order valence-electron chi connectivity index (χ3n) is 7.08. The van der Waals surface area contributed by atoms with Gasteiger partial charge in [-0.3, -0.25) is 14.2 Å². The van der Waals surface area contributed by atoms with Crippen molar-refractivity contribution >= 4 is 46.2 Å². The number of unbranched alkanes of at least 4 members (excludes halogenated alkanes) is 1. The minimum absolute atomic E-state index is 0.163. The summed E-state index contributed by atoms with van der Waals surface area (Å²) in [5.74, 6) is -0.496. The second-order valence-electron chi connectivity index (χ2n) is 10.4. The van der Waals surface area contributed by atoms with E-state index in [-0.39, 0.29) is 24.0 Å². The summed E-state index contributed by atoms with van der Waals surface area (Å²) in [6.07, 6.45) is 3.81. The molecule has 1 unspecified atom stereocenters. The Hall–Kier alpha value is -3.43. The highest BCUT2D eigenvalue weighted by molar-refractivity contribution is 7.98. The largest absolute Gasteiger partial charge is 0.462 e. The van der Waals surface area contributed by atoms with E-state index >= 15 is 0 Å². The lowest BCUT2D eigenvalue weighted by Gasteiger charge is -2.25. The first-order valence-electron chi connectivity index (χ1n) is 13.5. The second kappa shape index (κ2) is 11.6. The van der Waals surface area contributed by atoms with Crippen LogP contribution >= 0.6 is 23.1 Å². The standard InChI is InChI=1S/C31H33N3O4S2/c1-6-7-16-33-23-11-9-8-10-22(23)25(28(33)35)27-29(36)34-26(20-12-14-21(39-5)15-13-20)24(19(4)32-31(34)40-27)30(37)38-17-18(2)3/h8-15,18,26H,6-7,16-17H2,1-5H3. The van der Waals surface area contributed by atoms with Crippen molar-refractivity contribution in [2.45, 2.75) is 51.5 Å².